The molecule has 4 heteroatoms. The molecule has 1 atom stereocenters. The first kappa shape index (κ1) is 16.1. The van der Waals surface area contributed by atoms with E-state index in [0.717, 1.165) is 32.7 Å². The number of benzene rings is 2. The van der Waals surface area contributed by atoms with Crippen LogP contribution in [0.2, 0.25) is 0 Å². The Balaban J connectivity index is 1.56. The molecule has 1 aliphatic heterocycles. The third-order valence-electron chi connectivity index (χ3n) is 4.57. The predicted octanol–water partition coefficient (Wildman–Crippen LogP) is 2.64. The van der Waals surface area contributed by atoms with Crippen molar-refractivity contribution in [2.45, 2.75) is 12.6 Å². The van der Waals surface area contributed by atoms with Gasteiger partial charge in [0, 0.05) is 45.3 Å². The highest BCUT2D eigenvalue weighted by molar-refractivity contribution is 5.20. The van der Waals surface area contributed by atoms with E-state index in [2.05, 4.69) is 34.1 Å². The van der Waals surface area contributed by atoms with Crippen molar-refractivity contribution >= 4 is 0 Å². The van der Waals surface area contributed by atoms with Gasteiger partial charge in [0.25, 0.3) is 0 Å². The van der Waals surface area contributed by atoms with Crippen LogP contribution in [0.1, 0.15) is 17.2 Å². The summed E-state index contributed by atoms with van der Waals surface area (Å²) in [7, 11) is 0. The van der Waals surface area contributed by atoms with Gasteiger partial charge in [-0.3, -0.25) is 9.80 Å². The Bertz CT molecular complexity index is 592. The lowest BCUT2D eigenvalue weighted by molar-refractivity contribution is 0.0941. The molecule has 122 valence electrons. The second kappa shape index (κ2) is 7.68. The van der Waals surface area contributed by atoms with E-state index in [1.165, 1.54) is 23.3 Å². The van der Waals surface area contributed by atoms with Gasteiger partial charge in [-0.1, -0.05) is 42.5 Å². The van der Waals surface area contributed by atoms with Gasteiger partial charge in [0.1, 0.15) is 5.82 Å². The number of hydrogen-bond donors (Lipinski definition) is 1. The van der Waals surface area contributed by atoms with Gasteiger partial charge in [-0.05, 0) is 23.3 Å². The number of piperazine rings is 1. The molecule has 2 aromatic carbocycles. The lowest BCUT2D eigenvalue weighted by Gasteiger charge is -2.39. The van der Waals surface area contributed by atoms with Crippen LogP contribution in [-0.2, 0) is 6.54 Å². The van der Waals surface area contributed by atoms with Crippen LogP contribution >= 0.6 is 0 Å². The molecule has 3 nitrogen and oxygen atoms in total. The highest BCUT2D eigenvalue weighted by atomic mass is 19.1. The van der Waals surface area contributed by atoms with Crippen molar-refractivity contribution in [2.75, 3.05) is 32.7 Å². The van der Waals surface area contributed by atoms with Crippen molar-refractivity contribution in [3.05, 3.63) is 71.5 Å². The average molecular weight is 313 g/mol. The summed E-state index contributed by atoms with van der Waals surface area (Å²) in [5, 5.41) is 0. The first-order chi connectivity index (χ1) is 11.3. The number of halogens is 1. The van der Waals surface area contributed by atoms with Crippen LogP contribution in [0.25, 0.3) is 0 Å². The molecule has 2 aromatic rings. The fraction of sp³-hybridized carbons (Fsp3) is 0.368. The fourth-order valence-electron chi connectivity index (χ4n) is 3.25. The summed E-state index contributed by atoms with van der Waals surface area (Å²) in [6.45, 7) is 5.58. The molecular formula is C19H24FN3. The lowest BCUT2D eigenvalue weighted by Crippen LogP contribution is -2.48. The van der Waals surface area contributed by atoms with Gasteiger partial charge in [0.05, 0.1) is 0 Å². The first-order valence-electron chi connectivity index (χ1n) is 8.22. The molecule has 0 bridgehead atoms. The fourth-order valence-corrected chi connectivity index (χ4v) is 3.25. The van der Waals surface area contributed by atoms with Crippen LogP contribution in [0.3, 0.4) is 0 Å². The second-order valence-electron chi connectivity index (χ2n) is 6.10. The SMILES string of the molecule is NC[C@@H](c1ccccc1)N1CCN(Cc2ccc(F)cc2)CC1. The average Bonchev–Trinajstić information content (AvgIpc) is 2.60. The van der Waals surface area contributed by atoms with Crippen molar-refractivity contribution in [1.29, 1.82) is 0 Å². The Labute approximate surface area is 137 Å². The standard InChI is InChI=1S/C19H24FN3/c20-18-8-6-16(7-9-18)15-22-10-12-23(13-11-22)19(14-21)17-4-2-1-3-5-17/h1-9,19H,10-15,21H2/t19-/m0/s1. The minimum absolute atomic E-state index is 0.174. The maximum absolute atomic E-state index is 13.0. The molecule has 0 aromatic heterocycles. The van der Waals surface area contributed by atoms with E-state index < -0.39 is 0 Å². The van der Waals surface area contributed by atoms with Crippen LogP contribution in [0, 0.1) is 5.82 Å². The van der Waals surface area contributed by atoms with Crippen LogP contribution < -0.4 is 5.73 Å². The normalized spacial score (nSPS) is 18.0. The second-order valence-corrected chi connectivity index (χ2v) is 6.10. The Kier molecular flexibility index (Phi) is 5.39. The van der Waals surface area contributed by atoms with E-state index >= 15 is 0 Å². The maximum atomic E-state index is 13.0. The van der Waals surface area contributed by atoms with Crippen molar-refractivity contribution in [2.24, 2.45) is 5.73 Å². The number of hydrogen-bond acceptors (Lipinski definition) is 3. The highest BCUT2D eigenvalue weighted by Gasteiger charge is 2.23. The minimum atomic E-state index is -0.174. The maximum Gasteiger partial charge on any atom is 0.123 e. The van der Waals surface area contributed by atoms with Crippen molar-refractivity contribution < 1.29 is 4.39 Å². The van der Waals surface area contributed by atoms with E-state index in [1.54, 1.807) is 0 Å². The molecule has 0 radical (unpaired) electrons. The van der Waals surface area contributed by atoms with Gasteiger partial charge >= 0.3 is 0 Å². The Morgan fingerprint density at radius 1 is 0.913 bits per heavy atom. The van der Waals surface area contributed by atoms with Crippen LogP contribution in [-0.4, -0.2) is 42.5 Å². The molecule has 1 heterocycles. The smallest absolute Gasteiger partial charge is 0.123 e. The molecule has 0 amide bonds. The minimum Gasteiger partial charge on any atom is -0.329 e. The summed E-state index contributed by atoms with van der Waals surface area (Å²) in [6, 6.07) is 17.6. The van der Waals surface area contributed by atoms with E-state index in [-0.39, 0.29) is 5.82 Å². The van der Waals surface area contributed by atoms with Crippen LogP contribution in [0.5, 0.6) is 0 Å². The summed E-state index contributed by atoms with van der Waals surface area (Å²) in [4.78, 5) is 4.89. The topological polar surface area (TPSA) is 32.5 Å². The monoisotopic (exact) mass is 313 g/mol. The third-order valence-corrected chi connectivity index (χ3v) is 4.57. The molecule has 0 saturated carbocycles. The molecule has 0 aliphatic carbocycles. The molecule has 1 aliphatic rings. The number of nitrogens with zero attached hydrogens (tertiary/aromatic N) is 2. The quantitative estimate of drug-likeness (QED) is 0.921. The van der Waals surface area contributed by atoms with Crippen LogP contribution in [0.15, 0.2) is 54.6 Å². The Hall–Kier alpha value is -1.75. The van der Waals surface area contributed by atoms with E-state index in [9.17, 15) is 4.39 Å². The summed E-state index contributed by atoms with van der Waals surface area (Å²) in [5.74, 6) is -0.174. The first-order valence-corrected chi connectivity index (χ1v) is 8.22. The largest absolute Gasteiger partial charge is 0.329 e. The molecule has 1 saturated heterocycles. The van der Waals surface area contributed by atoms with E-state index in [1.807, 2.05) is 18.2 Å². The van der Waals surface area contributed by atoms with Gasteiger partial charge in [-0.25, -0.2) is 4.39 Å². The molecule has 0 spiro atoms. The van der Waals surface area contributed by atoms with Crippen molar-refractivity contribution in [3.63, 3.8) is 0 Å². The number of rotatable bonds is 5. The molecule has 0 unspecified atom stereocenters. The van der Waals surface area contributed by atoms with Crippen LogP contribution in [0.4, 0.5) is 4.39 Å². The summed E-state index contributed by atoms with van der Waals surface area (Å²) >= 11 is 0. The zero-order chi connectivity index (χ0) is 16.1. The van der Waals surface area contributed by atoms with Gasteiger partial charge in [0.15, 0.2) is 0 Å². The summed E-state index contributed by atoms with van der Waals surface area (Å²) in [6.07, 6.45) is 0. The zero-order valence-electron chi connectivity index (χ0n) is 13.4. The van der Waals surface area contributed by atoms with Gasteiger partial charge in [-0.2, -0.15) is 0 Å². The van der Waals surface area contributed by atoms with Gasteiger partial charge in [-0.15, -0.1) is 0 Å². The summed E-state index contributed by atoms with van der Waals surface area (Å²) in [5.41, 5.74) is 8.48. The highest BCUT2D eigenvalue weighted by Crippen LogP contribution is 2.21. The molecular weight excluding hydrogens is 289 g/mol. The van der Waals surface area contributed by atoms with E-state index in [0.29, 0.717) is 12.6 Å². The Morgan fingerprint density at radius 2 is 1.57 bits per heavy atom. The van der Waals surface area contributed by atoms with Crippen molar-refractivity contribution in [1.82, 2.24) is 9.80 Å². The molecule has 3 rings (SSSR count). The third kappa shape index (κ3) is 4.16. The summed E-state index contributed by atoms with van der Waals surface area (Å²) < 4.78 is 13.0. The van der Waals surface area contributed by atoms with Gasteiger partial charge < -0.3 is 5.73 Å². The molecule has 2 N–H and O–H groups in total. The predicted molar refractivity (Wildman–Crippen MR) is 91.5 cm³/mol. The Morgan fingerprint density at radius 3 is 2.17 bits per heavy atom. The van der Waals surface area contributed by atoms with E-state index in [4.69, 9.17) is 5.73 Å². The zero-order valence-corrected chi connectivity index (χ0v) is 13.4. The number of nitrogens with two attached hydrogens (primary N) is 1. The lowest BCUT2D eigenvalue weighted by atomic mass is 10.0. The molecule has 1 fully saturated rings. The molecule has 23 heavy (non-hydrogen) atoms. The van der Waals surface area contributed by atoms with Crippen molar-refractivity contribution in [3.8, 4) is 0 Å². The van der Waals surface area contributed by atoms with Gasteiger partial charge in [0.2, 0.25) is 0 Å².